The summed E-state index contributed by atoms with van der Waals surface area (Å²) >= 11 is 0. The van der Waals surface area contributed by atoms with Crippen LogP contribution < -0.4 is 5.32 Å². The molecule has 0 saturated carbocycles. The van der Waals surface area contributed by atoms with Crippen LogP contribution in [0.1, 0.15) is 155 Å². The molecule has 1 heterocycles. The van der Waals surface area contributed by atoms with Gasteiger partial charge in [0.05, 0.1) is 6.61 Å². The zero-order chi connectivity index (χ0) is 28.9. The average Bonchev–Trinajstić information content (AvgIpc) is 2.95. The number of methoxy groups -OCH3 is 1. The van der Waals surface area contributed by atoms with Crippen LogP contribution in [0.15, 0.2) is 0 Å². The Balaban J connectivity index is 1.93. The van der Waals surface area contributed by atoms with Crippen LogP contribution in [0.3, 0.4) is 0 Å². The van der Waals surface area contributed by atoms with Crippen molar-refractivity contribution in [2.45, 2.75) is 155 Å². The summed E-state index contributed by atoms with van der Waals surface area (Å²) in [6.07, 6.45) is 30.8. The number of nitrogens with zero attached hydrogens (tertiary/aromatic N) is 2. The van der Waals surface area contributed by atoms with Gasteiger partial charge < -0.3 is 19.9 Å². The lowest BCUT2D eigenvalue weighted by atomic mass is 10.0. The van der Waals surface area contributed by atoms with Crippen LogP contribution in [0.25, 0.3) is 0 Å². The smallest absolute Gasteiger partial charge is 0.220 e. The Labute approximate surface area is 250 Å². The highest BCUT2D eigenvalue weighted by atomic mass is 16.5. The van der Waals surface area contributed by atoms with Crippen LogP contribution in [0.4, 0.5) is 0 Å². The number of carbonyl (C=O) groups excluding carboxylic acids is 1. The summed E-state index contributed by atoms with van der Waals surface area (Å²) in [6, 6.07) is 0. The van der Waals surface area contributed by atoms with Crippen molar-refractivity contribution in [2.24, 2.45) is 5.92 Å². The number of nitrogens with one attached hydrogen (secondary N) is 1. The van der Waals surface area contributed by atoms with Gasteiger partial charge in [0.1, 0.15) is 0 Å². The van der Waals surface area contributed by atoms with Gasteiger partial charge in [0.2, 0.25) is 5.91 Å². The molecule has 1 amide bonds. The first-order valence-corrected chi connectivity index (χ1v) is 17.8. The summed E-state index contributed by atoms with van der Waals surface area (Å²) in [4.78, 5) is 17.5. The molecule has 0 aromatic heterocycles. The van der Waals surface area contributed by atoms with Gasteiger partial charge in [0.15, 0.2) is 0 Å². The van der Waals surface area contributed by atoms with Crippen molar-refractivity contribution in [2.75, 3.05) is 60.0 Å². The van der Waals surface area contributed by atoms with Crippen molar-refractivity contribution in [1.82, 2.24) is 15.1 Å². The minimum Gasteiger partial charge on any atom is -0.384 e. The lowest BCUT2D eigenvalue weighted by Crippen LogP contribution is -2.34. The van der Waals surface area contributed by atoms with E-state index in [4.69, 9.17) is 4.74 Å². The summed E-state index contributed by atoms with van der Waals surface area (Å²) in [7, 11) is 3.96. The summed E-state index contributed by atoms with van der Waals surface area (Å²) in [5.41, 5.74) is 0. The fourth-order valence-electron chi connectivity index (χ4n) is 6.26. The van der Waals surface area contributed by atoms with Crippen molar-refractivity contribution in [3.63, 3.8) is 0 Å². The van der Waals surface area contributed by atoms with E-state index in [2.05, 4.69) is 29.1 Å². The molecule has 1 aliphatic heterocycles. The molecule has 0 aliphatic carbocycles. The maximum Gasteiger partial charge on any atom is 0.220 e. The molecule has 0 radical (unpaired) electrons. The van der Waals surface area contributed by atoms with Gasteiger partial charge in [-0.15, -0.1) is 0 Å². The lowest BCUT2D eigenvalue weighted by molar-refractivity contribution is -0.122. The Morgan fingerprint density at radius 3 is 1.82 bits per heavy atom. The zero-order valence-electron chi connectivity index (χ0n) is 27.5. The number of amides is 1. The van der Waals surface area contributed by atoms with Crippen molar-refractivity contribution in [3.05, 3.63) is 0 Å². The molecule has 0 aromatic carbocycles. The van der Waals surface area contributed by atoms with E-state index in [0.29, 0.717) is 13.0 Å². The number of carbonyl (C=O) groups is 1. The number of hydrogen-bond acceptors (Lipinski definition) is 4. The largest absolute Gasteiger partial charge is 0.384 e. The lowest BCUT2D eigenvalue weighted by Gasteiger charge is -2.26. The molecular formula is C35H71N3O2. The molecule has 1 aliphatic rings. The van der Waals surface area contributed by atoms with E-state index in [0.717, 1.165) is 26.1 Å². The van der Waals surface area contributed by atoms with Gasteiger partial charge in [-0.1, -0.05) is 116 Å². The van der Waals surface area contributed by atoms with E-state index in [9.17, 15) is 4.79 Å². The summed E-state index contributed by atoms with van der Waals surface area (Å²) in [6.45, 7) is 9.63. The Morgan fingerprint density at radius 1 is 0.750 bits per heavy atom. The Morgan fingerprint density at radius 2 is 1.27 bits per heavy atom. The Hall–Kier alpha value is -0.650. The number of hydrogen-bond donors (Lipinski definition) is 1. The molecule has 0 bridgehead atoms. The topological polar surface area (TPSA) is 44.8 Å². The molecule has 40 heavy (non-hydrogen) atoms. The van der Waals surface area contributed by atoms with Gasteiger partial charge >= 0.3 is 0 Å². The second-order valence-electron chi connectivity index (χ2n) is 12.9. The van der Waals surface area contributed by atoms with E-state index < -0.39 is 0 Å². The standard InChI is InChI=1S/C35H71N3O2/c1-4-5-6-7-8-9-10-11-12-13-14-15-16-17-18-22-27-37(2)32-34(33-40-3)31-35(39)36-26-21-19-23-28-38-29-24-20-25-30-38/h34H,4-33H2,1-3H3,(H,36,39). The monoisotopic (exact) mass is 566 g/mol. The Bertz CT molecular complexity index is 539. The maximum atomic E-state index is 12.5. The van der Waals surface area contributed by atoms with Crippen molar-refractivity contribution < 1.29 is 9.53 Å². The first-order chi connectivity index (χ1) is 19.7. The van der Waals surface area contributed by atoms with Gasteiger partial charge in [-0.25, -0.2) is 0 Å². The average molecular weight is 566 g/mol. The van der Waals surface area contributed by atoms with Crippen LogP contribution in [-0.2, 0) is 9.53 Å². The molecule has 1 atom stereocenters. The molecule has 238 valence electrons. The highest BCUT2D eigenvalue weighted by Gasteiger charge is 2.16. The first kappa shape index (κ1) is 37.4. The molecule has 1 N–H and O–H groups in total. The van der Waals surface area contributed by atoms with Crippen molar-refractivity contribution in [3.8, 4) is 0 Å². The maximum absolute atomic E-state index is 12.5. The molecule has 0 spiro atoms. The van der Waals surface area contributed by atoms with Gasteiger partial charge in [-0.2, -0.15) is 0 Å². The van der Waals surface area contributed by atoms with Crippen LogP contribution in [0.5, 0.6) is 0 Å². The summed E-state index contributed by atoms with van der Waals surface area (Å²) in [5, 5.41) is 3.16. The Kier molecular flexibility index (Phi) is 26.6. The molecule has 5 heteroatoms. The second-order valence-corrected chi connectivity index (χ2v) is 12.9. The molecule has 1 rings (SSSR count). The van der Waals surface area contributed by atoms with E-state index in [1.807, 2.05) is 0 Å². The highest BCUT2D eigenvalue weighted by Crippen LogP contribution is 2.14. The number of unbranched alkanes of at least 4 members (excludes halogenated alkanes) is 17. The second kappa shape index (κ2) is 28.5. The van der Waals surface area contributed by atoms with Gasteiger partial charge in [-0.05, 0) is 65.3 Å². The van der Waals surface area contributed by atoms with E-state index in [1.54, 1.807) is 7.11 Å². The summed E-state index contributed by atoms with van der Waals surface area (Å²) in [5.74, 6) is 0.462. The van der Waals surface area contributed by atoms with Crippen molar-refractivity contribution in [1.29, 1.82) is 0 Å². The SMILES string of the molecule is CCCCCCCCCCCCCCCCCCN(C)CC(COC)CC(=O)NCCCCCN1CCCCC1. The van der Waals surface area contributed by atoms with Crippen molar-refractivity contribution >= 4 is 5.91 Å². The normalized spacial score (nSPS) is 15.1. The van der Waals surface area contributed by atoms with E-state index >= 15 is 0 Å². The minimum atomic E-state index is 0.189. The van der Waals surface area contributed by atoms with E-state index in [-0.39, 0.29) is 11.8 Å². The molecule has 1 saturated heterocycles. The molecule has 1 fully saturated rings. The molecule has 0 aromatic rings. The fraction of sp³-hybridized carbons (Fsp3) is 0.971. The molecular weight excluding hydrogens is 494 g/mol. The summed E-state index contributed by atoms with van der Waals surface area (Å²) < 4.78 is 5.44. The highest BCUT2D eigenvalue weighted by molar-refractivity contribution is 5.76. The van der Waals surface area contributed by atoms with E-state index in [1.165, 1.54) is 154 Å². The first-order valence-electron chi connectivity index (χ1n) is 17.8. The third kappa shape index (κ3) is 24.0. The predicted octanol–water partition coefficient (Wildman–Crippen LogP) is 8.60. The quantitative estimate of drug-likeness (QED) is 0.0922. The van der Waals surface area contributed by atoms with Crippen LogP contribution >= 0.6 is 0 Å². The number of rotatable bonds is 29. The zero-order valence-corrected chi connectivity index (χ0v) is 27.5. The van der Waals surface area contributed by atoms with Crippen LogP contribution in [0.2, 0.25) is 0 Å². The van der Waals surface area contributed by atoms with Gasteiger partial charge in [0, 0.05) is 32.5 Å². The number of likely N-dealkylation sites (tertiary alicyclic amines) is 1. The fourth-order valence-corrected chi connectivity index (χ4v) is 6.26. The van der Waals surface area contributed by atoms with Crippen LogP contribution in [-0.4, -0.2) is 75.7 Å². The third-order valence-electron chi connectivity index (χ3n) is 8.76. The third-order valence-corrected chi connectivity index (χ3v) is 8.76. The number of piperidine rings is 1. The number of ether oxygens (including phenoxy) is 1. The van der Waals surface area contributed by atoms with Crippen LogP contribution in [0, 0.1) is 5.92 Å². The van der Waals surface area contributed by atoms with Gasteiger partial charge in [0.25, 0.3) is 0 Å². The molecule has 1 unspecified atom stereocenters. The predicted molar refractivity (Wildman–Crippen MR) is 174 cm³/mol. The van der Waals surface area contributed by atoms with Gasteiger partial charge in [-0.3, -0.25) is 4.79 Å². The minimum absolute atomic E-state index is 0.189. The molecule has 5 nitrogen and oxygen atoms in total.